The first kappa shape index (κ1) is 6.80. The predicted molar refractivity (Wildman–Crippen MR) is 34.6 cm³/mol. The first-order chi connectivity index (χ1) is 4.72. The second kappa shape index (κ2) is 2.51. The van der Waals surface area contributed by atoms with Crippen molar-refractivity contribution in [3.8, 4) is 0 Å². The average Bonchev–Trinajstić information content (AvgIpc) is 2.36. The van der Waals surface area contributed by atoms with Crippen molar-refractivity contribution in [3.63, 3.8) is 0 Å². The highest BCUT2D eigenvalue weighted by Crippen LogP contribution is 2.11. The summed E-state index contributed by atoms with van der Waals surface area (Å²) < 4.78 is 0. The van der Waals surface area contributed by atoms with Crippen molar-refractivity contribution in [1.82, 2.24) is 10.2 Å². The molecule has 0 aromatic carbocycles. The summed E-state index contributed by atoms with van der Waals surface area (Å²) in [5.74, 6) is -1.31. The van der Waals surface area contributed by atoms with E-state index in [4.69, 9.17) is 5.11 Å². The van der Waals surface area contributed by atoms with E-state index < -0.39 is 11.9 Å². The number of rotatable bonds is 2. The molecular formula is C6H8N2O2. The van der Waals surface area contributed by atoms with E-state index in [2.05, 4.69) is 10.2 Å². The van der Waals surface area contributed by atoms with Crippen LogP contribution in [0, 0.1) is 0 Å². The molecule has 0 saturated carbocycles. The van der Waals surface area contributed by atoms with Crippen LogP contribution >= 0.6 is 0 Å². The summed E-state index contributed by atoms with van der Waals surface area (Å²) in [5, 5.41) is 14.7. The van der Waals surface area contributed by atoms with Crippen LogP contribution in [0.25, 0.3) is 0 Å². The van der Waals surface area contributed by atoms with E-state index in [9.17, 15) is 4.79 Å². The quantitative estimate of drug-likeness (QED) is 0.632. The number of aliphatic carboxylic acids is 1. The molecule has 2 N–H and O–H groups in total. The molecule has 0 bridgehead atoms. The van der Waals surface area contributed by atoms with Gasteiger partial charge in [0.2, 0.25) is 0 Å². The molecule has 0 aliphatic heterocycles. The van der Waals surface area contributed by atoms with Gasteiger partial charge >= 0.3 is 5.97 Å². The zero-order chi connectivity index (χ0) is 7.56. The van der Waals surface area contributed by atoms with Crippen LogP contribution in [-0.2, 0) is 4.79 Å². The first-order valence-electron chi connectivity index (χ1n) is 2.93. The Morgan fingerprint density at radius 3 is 3.00 bits per heavy atom. The molecule has 1 aromatic rings. The van der Waals surface area contributed by atoms with Crippen LogP contribution in [0.1, 0.15) is 18.4 Å². The minimum Gasteiger partial charge on any atom is -0.481 e. The van der Waals surface area contributed by atoms with Gasteiger partial charge in [0.1, 0.15) is 0 Å². The second-order valence-electron chi connectivity index (χ2n) is 2.09. The Morgan fingerprint density at radius 2 is 2.60 bits per heavy atom. The Hall–Kier alpha value is -1.32. The third-order valence-electron chi connectivity index (χ3n) is 1.39. The average molecular weight is 140 g/mol. The smallest absolute Gasteiger partial charge is 0.310 e. The summed E-state index contributed by atoms with van der Waals surface area (Å²) in [6.07, 6.45) is 3.09. The highest BCUT2D eigenvalue weighted by atomic mass is 16.4. The van der Waals surface area contributed by atoms with Crippen LogP contribution in [0.3, 0.4) is 0 Å². The molecule has 0 fully saturated rings. The topological polar surface area (TPSA) is 66.0 Å². The molecule has 0 saturated heterocycles. The van der Waals surface area contributed by atoms with E-state index in [1.54, 1.807) is 13.1 Å². The van der Waals surface area contributed by atoms with Crippen molar-refractivity contribution >= 4 is 5.97 Å². The van der Waals surface area contributed by atoms with Crippen molar-refractivity contribution in [3.05, 3.63) is 18.0 Å². The summed E-state index contributed by atoms with van der Waals surface area (Å²) in [5.41, 5.74) is 0.701. The molecule has 1 atom stereocenters. The maximum Gasteiger partial charge on any atom is 0.310 e. The van der Waals surface area contributed by atoms with Gasteiger partial charge in [-0.1, -0.05) is 0 Å². The zero-order valence-electron chi connectivity index (χ0n) is 5.53. The number of hydrogen-bond donors (Lipinski definition) is 2. The lowest BCUT2D eigenvalue weighted by Crippen LogP contribution is -2.05. The van der Waals surface area contributed by atoms with Crippen molar-refractivity contribution in [1.29, 1.82) is 0 Å². The van der Waals surface area contributed by atoms with E-state index >= 15 is 0 Å². The minimum atomic E-state index is -0.832. The minimum absolute atomic E-state index is 0.473. The van der Waals surface area contributed by atoms with E-state index in [0.29, 0.717) is 5.56 Å². The summed E-state index contributed by atoms with van der Waals surface area (Å²) in [7, 11) is 0. The normalized spacial score (nSPS) is 12.9. The summed E-state index contributed by atoms with van der Waals surface area (Å²) in [6.45, 7) is 1.62. The number of nitrogens with one attached hydrogen (secondary N) is 1. The molecule has 10 heavy (non-hydrogen) atoms. The third-order valence-corrected chi connectivity index (χ3v) is 1.39. The molecule has 1 rings (SSSR count). The van der Waals surface area contributed by atoms with Crippen molar-refractivity contribution < 1.29 is 9.90 Å². The van der Waals surface area contributed by atoms with Gasteiger partial charge in [-0.3, -0.25) is 9.89 Å². The molecule has 0 amide bonds. The van der Waals surface area contributed by atoms with Gasteiger partial charge in [-0.2, -0.15) is 5.10 Å². The van der Waals surface area contributed by atoms with E-state index in [1.165, 1.54) is 6.20 Å². The van der Waals surface area contributed by atoms with Gasteiger partial charge in [-0.15, -0.1) is 0 Å². The van der Waals surface area contributed by atoms with Gasteiger partial charge < -0.3 is 5.11 Å². The number of H-pyrrole nitrogens is 1. The van der Waals surface area contributed by atoms with E-state index in [1.807, 2.05) is 0 Å². The fourth-order valence-corrected chi connectivity index (χ4v) is 0.640. The molecular weight excluding hydrogens is 132 g/mol. The molecule has 4 heteroatoms. The summed E-state index contributed by atoms with van der Waals surface area (Å²) >= 11 is 0. The highest BCUT2D eigenvalue weighted by molar-refractivity contribution is 5.75. The molecule has 1 aromatic heterocycles. The maximum absolute atomic E-state index is 10.4. The molecule has 54 valence electrons. The number of carboxylic acid groups (broad SMARTS) is 1. The van der Waals surface area contributed by atoms with Crippen LogP contribution in [0.5, 0.6) is 0 Å². The molecule has 1 unspecified atom stereocenters. The SMILES string of the molecule is CC(C(=O)O)c1cn[nH]c1. The first-order valence-corrected chi connectivity index (χ1v) is 2.93. The van der Waals surface area contributed by atoms with Gasteiger partial charge in [-0.05, 0) is 6.92 Å². The van der Waals surface area contributed by atoms with Crippen molar-refractivity contribution in [2.24, 2.45) is 0 Å². The predicted octanol–water partition coefficient (Wildman–Crippen LogP) is 0.598. The fourth-order valence-electron chi connectivity index (χ4n) is 0.640. The zero-order valence-corrected chi connectivity index (χ0v) is 5.53. The summed E-state index contributed by atoms with van der Waals surface area (Å²) in [6, 6.07) is 0. The number of hydrogen-bond acceptors (Lipinski definition) is 2. The van der Waals surface area contributed by atoms with Gasteiger partial charge in [0.05, 0.1) is 12.1 Å². The second-order valence-corrected chi connectivity index (χ2v) is 2.09. The van der Waals surface area contributed by atoms with Gasteiger partial charge in [-0.25, -0.2) is 0 Å². The van der Waals surface area contributed by atoms with Crippen molar-refractivity contribution in [2.75, 3.05) is 0 Å². The molecule has 0 spiro atoms. The Labute approximate surface area is 57.9 Å². The Balaban J connectivity index is 2.77. The third kappa shape index (κ3) is 1.15. The van der Waals surface area contributed by atoms with Crippen LogP contribution in [0.15, 0.2) is 12.4 Å². The van der Waals surface area contributed by atoms with E-state index in [0.717, 1.165) is 0 Å². The van der Waals surface area contributed by atoms with Gasteiger partial charge in [0.15, 0.2) is 0 Å². The Kier molecular flexibility index (Phi) is 1.71. The van der Waals surface area contributed by atoms with E-state index in [-0.39, 0.29) is 0 Å². The summed E-state index contributed by atoms with van der Waals surface area (Å²) in [4.78, 5) is 10.4. The molecule has 0 aliphatic carbocycles. The lowest BCUT2D eigenvalue weighted by atomic mass is 10.1. The van der Waals surface area contributed by atoms with Crippen LogP contribution < -0.4 is 0 Å². The lowest BCUT2D eigenvalue weighted by Gasteiger charge is -1.99. The maximum atomic E-state index is 10.4. The molecule has 0 aliphatic rings. The Bertz CT molecular complexity index is 218. The van der Waals surface area contributed by atoms with Gasteiger partial charge in [0, 0.05) is 11.8 Å². The van der Waals surface area contributed by atoms with Crippen LogP contribution in [0.2, 0.25) is 0 Å². The lowest BCUT2D eigenvalue weighted by molar-refractivity contribution is -0.138. The molecule has 1 heterocycles. The van der Waals surface area contributed by atoms with Crippen LogP contribution in [0.4, 0.5) is 0 Å². The van der Waals surface area contributed by atoms with Crippen molar-refractivity contribution in [2.45, 2.75) is 12.8 Å². The number of carbonyl (C=O) groups is 1. The molecule has 0 radical (unpaired) electrons. The molecule has 4 nitrogen and oxygen atoms in total. The highest BCUT2D eigenvalue weighted by Gasteiger charge is 2.13. The Morgan fingerprint density at radius 1 is 1.90 bits per heavy atom. The number of carboxylic acids is 1. The number of nitrogens with zero attached hydrogens (tertiary/aromatic N) is 1. The largest absolute Gasteiger partial charge is 0.481 e. The number of aromatic nitrogens is 2. The number of aromatic amines is 1. The monoisotopic (exact) mass is 140 g/mol. The fraction of sp³-hybridized carbons (Fsp3) is 0.333. The standard InChI is InChI=1S/C6H8N2O2/c1-4(6(9)10)5-2-7-8-3-5/h2-4H,1H3,(H,7,8)(H,9,10). The van der Waals surface area contributed by atoms with Crippen LogP contribution in [-0.4, -0.2) is 21.3 Å². The van der Waals surface area contributed by atoms with Gasteiger partial charge in [0.25, 0.3) is 0 Å².